The maximum Gasteiger partial charge on any atom is 0.162 e. The summed E-state index contributed by atoms with van der Waals surface area (Å²) >= 11 is 3.56. The predicted octanol–water partition coefficient (Wildman–Crippen LogP) is 2.27. The molecule has 2 heterocycles. The fraction of sp³-hybridized carbons (Fsp3) is 0.429. The van der Waals surface area contributed by atoms with E-state index in [4.69, 9.17) is 15.2 Å². The van der Waals surface area contributed by atoms with Crippen molar-refractivity contribution < 1.29 is 9.47 Å². The third-order valence-corrected chi connectivity index (χ3v) is 4.16. The van der Waals surface area contributed by atoms with Gasteiger partial charge in [0.25, 0.3) is 0 Å². The number of rotatable bonds is 4. The summed E-state index contributed by atoms with van der Waals surface area (Å²) < 4.78 is 13.9. The van der Waals surface area contributed by atoms with Crippen LogP contribution in [0.3, 0.4) is 0 Å². The monoisotopic (exact) mass is 352 g/mol. The molecule has 21 heavy (non-hydrogen) atoms. The third-order valence-electron chi connectivity index (χ3n) is 3.42. The largest absolute Gasteiger partial charge is 0.486 e. The van der Waals surface area contributed by atoms with Crippen molar-refractivity contribution in [2.24, 2.45) is 5.73 Å². The topological polar surface area (TPSA) is 75.2 Å². The number of nitrogens with zero attached hydrogens (tertiary/aromatic N) is 3. The van der Waals surface area contributed by atoms with Gasteiger partial charge in [0, 0.05) is 4.47 Å². The van der Waals surface area contributed by atoms with Crippen LogP contribution in [0.1, 0.15) is 30.6 Å². The molecule has 0 fully saturated rings. The van der Waals surface area contributed by atoms with Gasteiger partial charge in [-0.1, -0.05) is 28.1 Å². The van der Waals surface area contributed by atoms with Gasteiger partial charge in [-0.2, -0.15) is 0 Å². The molecule has 0 saturated carbocycles. The van der Waals surface area contributed by atoms with Gasteiger partial charge in [-0.05, 0) is 24.1 Å². The van der Waals surface area contributed by atoms with Crippen LogP contribution in [0, 0.1) is 0 Å². The van der Waals surface area contributed by atoms with E-state index in [1.54, 1.807) is 4.68 Å². The highest BCUT2D eigenvalue weighted by Gasteiger charge is 2.16. The first-order valence-corrected chi connectivity index (χ1v) is 7.70. The molecule has 0 radical (unpaired) electrons. The van der Waals surface area contributed by atoms with Crippen molar-refractivity contribution >= 4 is 15.9 Å². The van der Waals surface area contributed by atoms with E-state index in [1.807, 2.05) is 25.3 Å². The lowest BCUT2D eigenvalue weighted by atomic mass is 10.2. The summed E-state index contributed by atoms with van der Waals surface area (Å²) in [5, 5.41) is 8.24. The van der Waals surface area contributed by atoms with Crippen LogP contribution < -0.4 is 15.2 Å². The lowest BCUT2D eigenvalue weighted by Crippen LogP contribution is -2.16. The number of ether oxygens (including phenoxy) is 2. The summed E-state index contributed by atoms with van der Waals surface area (Å²) in [5.74, 6) is 1.54. The molecule has 2 aromatic rings. The molecule has 1 aliphatic heterocycles. The summed E-state index contributed by atoms with van der Waals surface area (Å²) in [6.45, 7) is 3.79. The number of fused-ring (bicyclic) bond motifs is 1. The van der Waals surface area contributed by atoms with Crippen LogP contribution in [0.2, 0.25) is 0 Å². The van der Waals surface area contributed by atoms with Crippen LogP contribution in [0.25, 0.3) is 0 Å². The van der Waals surface area contributed by atoms with Gasteiger partial charge in [0.05, 0.1) is 24.5 Å². The Labute approximate surface area is 131 Å². The number of hydrogen-bond donors (Lipinski definition) is 1. The molecule has 1 unspecified atom stereocenters. The average Bonchev–Trinajstić information content (AvgIpc) is 2.96. The summed E-state index contributed by atoms with van der Waals surface area (Å²) in [5.41, 5.74) is 7.83. The highest BCUT2D eigenvalue weighted by Crippen LogP contribution is 2.35. The average molecular weight is 353 g/mol. The van der Waals surface area contributed by atoms with Gasteiger partial charge in [-0.15, -0.1) is 5.10 Å². The van der Waals surface area contributed by atoms with Gasteiger partial charge in [0.1, 0.15) is 13.2 Å². The second-order valence-corrected chi connectivity index (χ2v) is 5.80. The maximum atomic E-state index is 5.96. The summed E-state index contributed by atoms with van der Waals surface area (Å²) in [6, 6.07) is 3.83. The van der Waals surface area contributed by atoms with Crippen molar-refractivity contribution in [2.45, 2.75) is 25.9 Å². The second-order valence-electron chi connectivity index (χ2n) is 4.94. The molecular formula is C14H17BrN4O2. The van der Waals surface area contributed by atoms with Gasteiger partial charge < -0.3 is 15.2 Å². The van der Waals surface area contributed by atoms with Gasteiger partial charge in [-0.3, -0.25) is 0 Å². The van der Waals surface area contributed by atoms with E-state index in [9.17, 15) is 0 Å². The Kier molecular flexibility index (Phi) is 4.12. The molecular weight excluding hydrogens is 336 g/mol. The summed E-state index contributed by atoms with van der Waals surface area (Å²) in [4.78, 5) is 0. The number of nitrogens with two attached hydrogens (primary N) is 1. The maximum absolute atomic E-state index is 5.96. The molecule has 1 aromatic heterocycles. The van der Waals surface area contributed by atoms with Crippen LogP contribution in [-0.2, 0) is 6.54 Å². The molecule has 1 aromatic carbocycles. The van der Waals surface area contributed by atoms with Gasteiger partial charge in [0.15, 0.2) is 11.5 Å². The first-order valence-electron chi connectivity index (χ1n) is 6.91. The van der Waals surface area contributed by atoms with Gasteiger partial charge in [0.2, 0.25) is 0 Å². The van der Waals surface area contributed by atoms with Crippen LogP contribution in [0.15, 0.2) is 22.8 Å². The van der Waals surface area contributed by atoms with Crippen LogP contribution in [-0.4, -0.2) is 28.2 Å². The van der Waals surface area contributed by atoms with E-state index < -0.39 is 0 Å². The van der Waals surface area contributed by atoms with E-state index in [-0.39, 0.29) is 6.04 Å². The molecule has 0 amide bonds. The van der Waals surface area contributed by atoms with Crippen LogP contribution in [0.5, 0.6) is 11.5 Å². The zero-order chi connectivity index (χ0) is 14.8. The Bertz CT molecular complexity index is 644. The normalized spacial score (nSPS) is 15.0. The SMILES string of the molecule is CCC(N)c1cn(Cc2cc3c(cc2Br)OCCO3)nn1. The van der Waals surface area contributed by atoms with E-state index in [1.165, 1.54) is 0 Å². The van der Waals surface area contributed by atoms with Gasteiger partial charge in [-0.25, -0.2) is 4.68 Å². The first kappa shape index (κ1) is 14.3. The quantitative estimate of drug-likeness (QED) is 0.913. The predicted molar refractivity (Wildman–Crippen MR) is 81.5 cm³/mol. The molecule has 3 rings (SSSR count). The minimum absolute atomic E-state index is 0.0672. The highest BCUT2D eigenvalue weighted by atomic mass is 79.9. The van der Waals surface area contributed by atoms with E-state index in [0.29, 0.717) is 19.8 Å². The van der Waals surface area contributed by atoms with Crippen LogP contribution >= 0.6 is 15.9 Å². The minimum Gasteiger partial charge on any atom is -0.486 e. The molecule has 1 aliphatic rings. The Morgan fingerprint density at radius 3 is 2.76 bits per heavy atom. The second kappa shape index (κ2) is 6.03. The number of halogens is 1. The number of benzene rings is 1. The van der Waals surface area contributed by atoms with Crippen molar-refractivity contribution in [1.82, 2.24) is 15.0 Å². The Morgan fingerprint density at radius 2 is 2.05 bits per heavy atom. The lowest BCUT2D eigenvalue weighted by Gasteiger charge is -2.19. The number of aromatic nitrogens is 3. The van der Waals surface area contributed by atoms with E-state index >= 15 is 0 Å². The van der Waals surface area contributed by atoms with Crippen molar-refractivity contribution in [2.75, 3.05) is 13.2 Å². The van der Waals surface area contributed by atoms with Crippen molar-refractivity contribution in [3.05, 3.63) is 34.1 Å². The smallest absolute Gasteiger partial charge is 0.162 e. The fourth-order valence-electron chi connectivity index (χ4n) is 2.17. The Hall–Kier alpha value is -1.60. The Morgan fingerprint density at radius 1 is 1.33 bits per heavy atom. The van der Waals surface area contributed by atoms with Gasteiger partial charge >= 0.3 is 0 Å². The van der Waals surface area contributed by atoms with Crippen molar-refractivity contribution in [3.8, 4) is 11.5 Å². The highest BCUT2D eigenvalue weighted by molar-refractivity contribution is 9.10. The first-order chi connectivity index (χ1) is 10.2. The molecule has 6 nitrogen and oxygen atoms in total. The standard InChI is InChI=1S/C14H17BrN4O2/c1-2-11(16)12-8-19(18-17-12)7-9-5-13-14(6-10(9)15)21-4-3-20-13/h5-6,8,11H,2-4,7,16H2,1H3. The lowest BCUT2D eigenvalue weighted by molar-refractivity contribution is 0.171. The summed E-state index contributed by atoms with van der Waals surface area (Å²) in [6.07, 6.45) is 2.73. The molecule has 0 aliphatic carbocycles. The van der Waals surface area contributed by atoms with Crippen molar-refractivity contribution in [1.29, 1.82) is 0 Å². The van der Waals surface area contributed by atoms with E-state index in [0.717, 1.165) is 33.6 Å². The summed E-state index contributed by atoms with van der Waals surface area (Å²) in [7, 11) is 0. The zero-order valence-corrected chi connectivity index (χ0v) is 13.3. The number of hydrogen-bond acceptors (Lipinski definition) is 5. The molecule has 2 N–H and O–H groups in total. The minimum atomic E-state index is -0.0672. The molecule has 0 bridgehead atoms. The molecule has 7 heteroatoms. The van der Waals surface area contributed by atoms with Crippen LogP contribution in [0.4, 0.5) is 0 Å². The molecule has 0 saturated heterocycles. The molecule has 1 atom stereocenters. The fourth-order valence-corrected chi connectivity index (χ4v) is 2.62. The molecule has 0 spiro atoms. The zero-order valence-electron chi connectivity index (χ0n) is 11.8. The molecule has 112 valence electrons. The third kappa shape index (κ3) is 3.03. The van der Waals surface area contributed by atoms with Crippen molar-refractivity contribution in [3.63, 3.8) is 0 Å². The van der Waals surface area contributed by atoms with E-state index in [2.05, 4.69) is 26.2 Å². The Balaban J connectivity index is 1.82.